The first-order valence-corrected chi connectivity index (χ1v) is 8.58. The summed E-state index contributed by atoms with van der Waals surface area (Å²) in [5.74, 6) is 0.460. The van der Waals surface area contributed by atoms with Crippen molar-refractivity contribution < 1.29 is 14.3 Å². The van der Waals surface area contributed by atoms with Crippen molar-refractivity contribution in [2.75, 3.05) is 6.54 Å². The monoisotopic (exact) mass is 313 g/mol. The normalized spacial score (nSPS) is 35.2. The number of ether oxygens (including phenoxy) is 1. The van der Waals surface area contributed by atoms with Gasteiger partial charge in [0.15, 0.2) is 0 Å². The first-order chi connectivity index (χ1) is 11.0. The SMILES string of the molecule is Cc1ccc(C)c(C(=O)OC2CC3CC4CC(C2)N3CC4=O)c1. The number of hydrogen-bond acceptors (Lipinski definition) is 4. The van der Waals surface area contributed by atoms with E-state index in [1.807, 2.05) is 32.0 Å². The molecule has 4 heterocycles. The Hall–Kier alpha value is -1.68. The second-order valence-electron chi connectivity index (χ2n) is 7.43. The van der Waals surface area contributed by atoms with Crippen molar-refractivity contribution in [1.29, 1.82) is 0 Å². The maximum Gasteiger partial charge on any atom is 0.338 e. The molecule has 1 aromatic rings. The van der Waals surface area contributed by atoms with Crippen LogP contribution in [0.4, 0.5) is 0 Å². The van der Waals surface area contributed by atoms with E-state index in [1.54, 1.807) is 0 Å². The lowest BCUT2D eigenvalue weighted by molar-refractivity contribution is -0.145. The van der Waals surface area contributed by atoms with Gasteiger partial charge < -0.3 is 4.74 Å². The van der Waals surface area contributed by atoms with E-state index in [4.69, 9.17) is 4.74 Å². The molecule has 4 aliphatic heterocycles. The largest absolute Gasteiger partial charge is 0.459 e. The van der Waals surface area contributed by atoms with Crippen molar-refractivity contribution in [3.8, 4) is 0 Å². The highest BCUT2D eigenvalue weighted by molar-refractivity contribution is 5.91. The van der Waals surface area contributed by atoms with Crippen LogP contribution in [-0.4, -0.2) is 41.4 Å². The van der Waals surface area contributed by atoms with Gasteiger partial charge in [-0.05, 0) is 38.3 Å². The Morgan fingerprint density at radius 2 is 1.83 bits per heavy atom. The minimum Gasteiger partial charge on any atom is -0.459 e. The third-order valence-corrected chi connectivity index (χ3v) is 5.80. The Labute approximate surface area is 136 Å². The molecule has 2 unspecified atom stereocenters. The standard InChI is InChI=1S/C19H23NO3/c1-11-3-4-12(2)17(5-11)19(22)23-16-8-14-6-13-7-15(9-16)20(14)10-18(13)21/h3-5,13-16H,6-10H2,1-2H3. The number of piperidine rings is 4. The molecule has 0 aliphatic carbocycles. The fraction of sp³-hybridized carbons (Fsp3) is 0.579. The van der Waals surface area contributed by atoms with Gasteiger partial charge in [-0.25, -0.2) is 4.79 Å². The van der Waals surface area contributed by atoms with Crippen LogP contribution in [-0.2, 0) is 9.53 Å². The number of aryl methyl sites for hydroxylation is 2. The highest BCUT2D eigenvalue weighted by atomic mass is 16.5. The van der Waals surface area contributed by atoms with Crippen LogP contribution in [0.1, 0.15) is 47.2 Å². The molecule has 4 bridgehead atoms. The van der Waals surface area contributed by atoms with Gasteiger partial charge in [0.2, 0.25) is 0 Å². The lowest BCUT2D eigenvalue weighted by atomic mass is 9.72. The Kier molecular flexibility index (Phi) is 3.52. The smallest absolute Gasteiger partial charge is 0.338 e. The number of rotatable bonds is 2. The number of ketones is 1. The Morgan fingerprint density at radius 3 is 2.48 bits per heavy atom. The molecule has 4 aliphatic rings. The van der Waals surface area contributed by atoms with Gasteiger partial charge in [0.25, 0.3) is 0 Å². The Morgan fingerprint density at radius 1 is 1.13 bits per heavy atom. The molecule has 1 aromatic carbocycles. The number of hydrogen-bond donors (Lipinski definition) is 0. The number of carbonyl (C=O) groups excluding carboxylic acids is 2. The molecule has 0 amide bonds. The molecule has 4 heteroatoms. The molecule has 0 radical (unpaired) electrons. The van der Waals surface area contributed by atoms with Crippen molar-refractivity contribution in [2.24, 2.45) is 5.92 Å². The zero-order chi connectivity index (χ0) is 16.1. The molecule has 0 spiro atoms. The van der Waals surface area contributed by atoms with Crippen LogP contribution >= 0.6 is 0 Å². The molecule has 4 nitrogen and oxygen atoms in total. The summed E-state index contributed by atoms with van der Waals surface area (Å²) in [6.07, 6.45) is 3.64. The summed E-state index contributed by atoms with van der Waals surface area (Å²) in [6.45, 7) is 4.54. The summed E-state index contributed by atoms with van der Waals surface area (Å²) in [6, 6.07) is 6.73. The van der Waals surface area contributed by atoms with Crippen LogP contribution in [0.2, 0.25) is 0 Å². The number of esters is 1. The lowest BCUT2D eigenvalue weighted by Gasteiger charge is -2.54. The Bertz CT molecular complexity index is 653. The highest BCUT2D eigenvalue weighted by Crippen LogP contribution is 2.42. The third-order valence-electron chi connectivity index (χ3n) is 5.80. The average Bonchev–Trinajstić information content (AvgIpc) is 2.49. The zero-order valence-electron chi connectivity index (χ0n) is 13.7. The van der Waals surface area contributed by atoms with E-state index in [1.165, 1.54) is 0 Å². The minimum absolute atomic E-state index is 0.0113. The van der Waals surface area contributed by atoms with Gasteiger partial charge in [0.05, 0.1) is 12.1 Å². The molecular weight excluding hydrogens is 290 g/mol. The molecule has 122 valence electrons. The van der Waals surface area contributed by atoms with Crippen LogP contribution < -0.4 is 0 Å². The summed E-state index contributed by atoms with van der Waals surface area (Å²) >= 11 is 0. The van der Waals surface area contributed by atoms with E-state index in [0.29, 0.717) is 30.0 Å². The van der Waals surface area contributed by atoms with Gasteiger partial charge in [-0.3, -0.25) is 9.69 Å². The second-order valence-corrected chi connectivity index (χ2v) is 7.43. The van der Waals surface area contributed by atoms with Crippen LogP contribution in [0, 0.1) is 19.8 Å². The number of fused-ring (bicyclic) bond motifs is 1. The van der Waals surface area contributed by atoms with Gasteiger partial charge >= 0.3 is 5.97 Å². The van der Waals surface area contributed by atoms with E-state index in [0.717, 1.165) is 36.8 Å². The number of carbonyl (C=O) groups is 2. The fourth-order valence-electron chi connectivity index (χ4n) is 4.59. The molecule has 5 rings (SSSR count). The van der Waals surface area contributed by atoms with E-state index in [2.05, 4.69) is 4.90 Å². The van der Waals surface area contributed by atoms with Gasteiger partial charge in [-0.1, -0.05) is 17.7 Å². The van der Waals surface area contributed by atoms with E-state index in [9.17, 15) is 9.59 Å². The molecule has 23 heavy (non-hydrogen) atoms. The predicted molar refractivity (Wildman–Crippen MR) is 86.4 cm³/mol. The highest BCUT2D eigenvalue weighted by Gasteiger charge is 2.49. The van der Waals surface area contributed by atoms with Crippen molar-refractivity contribution in [3.05, 3.63) is 34.9 Å². The summed E-state index contributed by atoms with van der Waals surface area (Å²) in [7, 11) is 0. The van der Waals surface area contributed by atoms with Crippen molar-refractivity contribution >= 4 is 11.8 Å². The first-order valence-electron chi connectivity index (χ1n) is 8.58. The average molecular weight is 313 g/mol. The molecular formula is C19H23NO3. The topological polar surface area (TPSA) is 46.6 Å². The van der Waals surface area contributed by atoms with Gasteiger partial charge in [-0.2, -0.15) is 0 Å². The number of Topliss-reactive ketones (excluding diaryl/α,β-unsaturated/α-hetero) is 1. The Balaban J connectivity index is 1.46. The molecule has 2 atom stereocenters. The van der Waals surface area contributed by atoms with E-state index in [-0.39, 0.29) is 18.0 Å². The molecule has 0 aromatic heterocycles. The van der Waals surface area contributed by atoms with E-state index < -0.39 is 0 Å². The minimum atomic E-state index is -0.201. The maximum absolute atomic E-state index is 12.5. The maximum atomic E-state index is 12.5. The summed E-state index contributed by atoms with van der Waals surface area (Å²) in [4.78, 5) is 26.8. The van der Waals surface area contributed by atoms with Gasteiger partial charge in [0, 0.05) is 30.8 Å². The van der Waals surface area contributed by atoms with Crippen molar-refractivity contribution in [1.82, 2.24) is 4.90 Å². The van der Waals surface area contributed by atoms with Gasteiger partial charge in [-0.15, -0.1) is 0 Å². The summed E-state index contributed by atoms with van der Waals surface area (Å²) in [5.41, 5.74) is 2.72. The molecule has 0 N–H and O–H groups in total. The van der Waals surface area contributed by atoms with Crippen LogP contribution in [0.25, 0.3) is 0 Å². The van der Waals surface area contributed by atoms with Crippen molar-refractivity contribution in [2.45, 2.75) is 57.7 Å². The van der Waals surface area contributed by atoms with Crippen molar-refractivity contribution in [3.63, 3.8) is 0 Å². The van der Waals surface area contributed by atoms with Gasteiger partial charge in [0.1, 0.15) is 11.9 Å². The molecule has 4 saturated heterocycles. The van der Waals surface area contributed by atoms with E-state index >= 15 is 0 Å². The fourth-order valence-corrected chi connectivity index (χ4v) is 4.59. The lowest BCUT2D eigenvalue weighted by Crippen LogP contribution is -2.63. The quantitative estimate of drug-likeness (QED) is 0.788. The predicted octanol–water partition coefficient (Wildman–Crippen LogP) is 2.65. The third kappa shape index (κ3) is 2.59. The number of benzene rings is 1. The number of nitrogens with zero attached hydrogens (tertiary/aromatic N) is 1. The molecule has 0 saturated carbocycles. The second kappa shape index (κ2) is 5.45. The van der Waals surface area contributed by atoms with Crippen LogP contribution in [0.5, 0.6) is 0 Å². The summed E-state index contributed by atoms with van der Waals surface area (Å²) in [5, 5.41) is 0. The molecule has 4 fully saturated rings. The zero-order valence-corrected chi connectivity index (χ0v) is 13.7. The van der Waals surface area contributed by atoms with Crippen LogP contribution in [0.3, 0.4) is 0 Å². The first kappa shape index (κ1) is 14.9. The van der Waals surface area contributed by atoms with Crippen LogP contribution in [0.15, 0.2) is 18.2 Å². The summed E-state index contributed by atoms with van der Waals surface area (Å²) < 4.78 is 5.83.